The number of aromatic nitrogens is 3. The van der Waals surface area contributed by atoms with Crippen molar-refractivity contribution >= 4 is 27.8 Å². The van der Waals surface area contributed by atoms with E-state index in [4.69, 9.17) is 0 Å². The molecule has 0 spiro atoms. The van der Waals surface area contributed by atoms with Gasteiger partial charge in [-0.15, -0.1) is 0 Å². The van der Waals surface area contributed by atoms with Gasteiger partial charge in [0, 0.05) is 24.0 Å². The third kappa shape index (κ3) is 2.04. The van der Waals surface area contributed by atoms with Crippen molar-refractivity contribution in [1.82, 2.24) is 15.0 Å². The molecule has 0 saturated carbocycles. The SMILES string of the molecule is C[C@H]1CCCN(c2ncnc3c2[nH]c2ccc(F)cc23)C1. The molecule has 2 aromatic heterocycles. The maximum absolute atomic E-state index is 13.5. The first-order valence-corrected chi connectivity index (χ1v) is 7.39. The second-order valence-corrected chi connectivity index (χ2v) is 5.93. The van der Waals surface area contributed by atoms with Crippen molar-refractivity contribution in [2.75, 3.05) is 18.0 Å². The average molecular weight is 284 g/mol. The molecule has 0 aliphatic carbocycles. The molecule has 108 valence electrons. The summed E-state index contributed by atoms with van der Waals surface area (Å²) in [7, 11) is 0. The van der Waals surface area contributed by atoms with E-state index in [-0.39, 0.29) is 5.82 Å². The van der Waals surface area contributed by atoms with Gasteiger partial charge in [0.2, 0.25) is 0 Å². The largest absolute Gasteiger partial charge is 0.355 e. The summed E-state index contributed by atoms with van der Waals surface area (Å²) in [4.78, 5) is 14.5. The van der Waals surface area contributed by atoms with E-state index in [0.717, 1.165) is 40.8 Å². The Hall–Kier alpha value is -2.17. The molecule has 0 radical (unpaired) electrons. The smallest absolute Gasteiger partial charge is 0.156 e. The zero-order valence-corrected chi connectivity index (χ0v) is 11.9. The van der Waals surface area contributed by atoms with E-state index in [0.29, 0.717) is 5.92 Å². The normalized spacial score (nSPS) is 19.5. The summed E-state index contributed by atoms with van der Waals surface area (Å²) in [5, 5.41) is 0.818. The molecule has 1 atom stereocenters. The van der Waals surface area contributed by atoms with Gasteiger partial charge in [0.25, 0.3) is 0 Å². The summed E-state index contributed by atoms with van der Waals surface area (Å²) in [6, 6.07) is 4.76. The highest BCUT2D eigenvalue weighted by molar-refractivity contribution is 6.08. The Morgan fingerprint density at radius 2 is 2.24 bits per heavy atom. The van der Waals surface area contributed by atoms with Crippen molar-refractivity contribution in [1.29, 1.82) is 0 Å². The minimum Gasteiger partial charge on any atom is -0.355 e. The number of fused-ring (bicyclic) bond motifs is 3. The highest BCUT2D eigenvalue weighted by Crippen LogP contribution is 2.31. The van der Waals surface area contributed by atoms with Crippen LogP contribution in [0.25, 0.3) is 21.9 Å². The van der Waals surface area contributed by atoms with Crippen molar-refractivity contribution in [3.8, 4) is 0 Å². The molecular weight excluding hydrogens is 267 g/mol. The number of nitrogens with zero attached hydrogens (tertiary/aromatic N) is 3. The third-order valence-corrected chi connectivity index (χ3v) is 4.28. The quantitative estimate of drug-likeness (QED) is 0.744. The molecule has 3 aromatic rings. The predicted octanol–water partition coefficient (Wildman–Crippen LogP) is 3.49. The van der Waals surface area contributed by atoms with Gasteiger partial charge in [-0.3, -0.25) is 0 Å². The van der Waals surface area contributed by atoms with Crippen molar-refractivity contribution in [2.24, 2.45) is 5.92 Å². The molecule has 5 heteroatoms. The molecule has 1 aromatic carbocycles. The topological polar surface area (TPSA) is 44.8 Å². The van der Waals surface area contributed by atoms with E-state index >= 15 is 0 Å². The van der Waals surface area contributed by atoms with Crippen LogP contribution in [0.1, 0.15) is 19.8 Å². The first-order valence-electron chi connectivity index (χ1n) is 7.39. The minimum atomic E-state index is -0.241. The average Bonchev–Trinajstić information content (AvgIpc) is 2.85. The lowest BCUT2D eigenvalue weighted by Crippen LogP contribution is -2.35. The fourth-order valence-corrected chi connectivity index (χ4v) is 3.27. The van der Waals surface area contributed by atoms with Crippen molar-refractivity contribution in [2.45, 2.75) is 19.8 Å². The number of anilines is 1. The van der Waals surface area contributed by atoms with Crippen LogP contribution < -0.4 is 4.90 Å². The molecule has 1 fully saturated rings. The lowest BCUT2D eigenvalue weighted by Gasteiger charge is -2.31. The van der Waals surface area contributed by atoms with E-state index in [1.807, 2.05) is 0 Å². The third-order valence-electron chi connectivity index (χ3n) is 4.28. The van der Waals surface area contributed by atoms with E-state index < -0.39 is 0 Å². The zero-order chi connectivity index (χ0) is 14.4. The number of aromatic amines is 1. The molecule has 3 heterocycles. The summed E-state index contributed by atoms with van der Waals surface area (Å²) >= 11 is 0. The van der Waals surface area contributed by atoms with Crippen LogP contribution in [0.3, 0.4) is 0 Å². The summed E-state index contributed by atoms with van der Waals surface area (Å²) in [5.41, 5.74) is 2.61. The predicted molar refractivity (Wildman–Crippen MR) is 82.0 cm³/mol. The Morgan fingerprint density at radius 1 is 1.33 bits per heavy atom. The summed E-state index contributed by atoms with van der Waals surface area (Å²) in [5.74, 6) is 1.36. The number of nitrogens with one attached hydrogen (secondary N) is 1. The molecule has 1 aliphatic heterocycles. The van der Waals surface area contributed by atoms with Crippen LogP contribution in [-0.2, 0) is 0 Å². The Morgan fingerprint density at radius 3 is 3.10 bits per heavy atom. The Bertz CT molecular complexity index is 810. The fraction of sp³-hybridized carbons (Fsp3) is 0.375. The standard InChI is InChI=1S/C16H17FN4/c1-10-3-2-6-21(8-10)16-15-14(18-9-19-16)12-7-11(17)4-5-13(12)20-15/h4-5,7,9-10,20H,2-3,6,8H2,1H3/t10-/m0/s1. The highest BCUT2D eigenvalue weighted by atomic mass is 19.1. The van der Waals surface area contributed by atoms with E-state index in [1.54, 1.807) is 12.4 Å². The number of hydrogen-bond donors (Lipinski definition) is 1. The number of halogens is 1. The molecule has 4 nitrogen and oxygen atoms in total. The van der Waals surface area contributed by atoms with Crippen molar-refractivity contribution in [3.05, 3.63) is 30.3 Å². The van der Waals surface area contributed by atoms with Crippen LogP contribution in [0, 0.1) is 11.7 Å². The fourth-order valence-electron chi connectivity index (χ4n) is 3.27. The first-order chi connectivity index (χ1) is 10.2. The van der Waals surface area contributed by atoms with Gasteiger partial charge >= 0.3 is 0 Å². The minimum absolute atomic E-state index is 0.241. The summed E-state index contributed by atoms with van der Waals surface area (Å²) < 4.78 is 13.5. The molecule has 1 N–H and O–H groups in total. The van der Waals surface area contributed by atoms with Crippen LogP contribution in [0.15, 0.2) is 24.5 Å². The van der Waals surface area contributed by atoms with Gasteiger partial charge in [-0.05, 0) is 37.0 Å². The van der Waals surface area contributed by atoms with Gasteiger partial charge in [-0.25, -0.2) is 14.4 Å². The van der Waals surface area contributed by atoms with Crippen molar-refractivity contribution in [3.63, 3.8) is 0 Å². The summed E-state index contributed by atoms with van der Waals surface area (Å²) in [6.45, 7) is 4.29. The molecule has 1 aliphatic rings. The molecule has 4 rings (SSSR count). The lowest BCUT2D eigenvalue weighted by atomic mass is 10.0. The van der Waals surface area contributed by atoms with Gasteiger partial charge in [-0.1, -0.05) is 6.92 Å². The number of hydrogen-bond acceptors (Lipinski definition) is 3. The highest BCUT2D eigenvalue weighted by Gasteiger charge is 2.21. The number of H-pyrrole nitrogens is 1. The molecule has 21 heavy (non-hydrogen) atoms. The Labute approximate surface area is 122 Å². The Balaban J connectivity index is 1.91. The molecule has 0 amide bonds. The van der Waals surface area contributed by atoms with Gasteiger partial charge < -0.3 is 9.88 Å². The monoisotopic (exact) mass is 284 g/mol. The maximum atomic E-state index is 13.5. The van der Waals surface area contributed by atoms with Crippen LogP contribution >= 0.6 is 0 Å². The van der Waals surface area contributed by atoms with Crippen LogP contribution in [0.5, 0.6) is 0 Å². The molecule has 0 bridgehead atoms. The lowest BCUT2D eigenvalue weighted by molar-refractivity contribution is 0.445. The molecular formula is C16H17FN4. The van der Waals surface area contributed by atoms with Gasteiger partial charge in [-0.2, -0.15) is 0 Å². The van der Waals surface area contributed by atoms with Crippen LogP contribution in [-0.4, -0.2) is 28.0 Å². The second kappa shape index (κ2) is 4.69. The number of piperidine rings is 1. The Kier molecular flexibility index (Phi) is 2.80. The van der Waals surface area contributed by atoms with Gasteiger partial charge in [0.1, 0.15) is 23.2 Å². The molecule has 1 saturated heterocycles. The second-order valence-electron chi connectivity index (χ2n) is 5.93. The van der Waals surface area contributed by atoms with Crippen LogP contribution in [0.4, 0.5) is 10.2 Å². The molecule has 0 unspecified atom stereocenters. The van der Waals surface area contributed by atoms with Gasteiger partial charge in [0.15, 0.2) is 5.82 Å². The number of benzene rings is 1. The first kappa shape index (κ1) is 12.6. The number of rotatable bonds is 1. The van der Waals surface area contributed by atoms with Crippen molar-refractivity contribution < 1.29 is 4.39 Å². The summed E-state index contributed by atoms with van der Waals surface area (Å²) in [6.07, 6.45) is 4.03. The maximum Gasteiger partial charge on any atom is 0.156 e. The van der Waals surface area contributed by atoms with E-state index in [1.165, 1.54) is 25.0 Å². The zero-order valence-electron chi connectivity index (χ0n) is 11.9. The van der Waals surface area contributed by atoms with E-state index in [2.05, 4.69) is 26.8 Å². The van der Waals surface area contributed by atoms with Gasteiger partial charge in [0.05, 0.1) is 0 Å². The van der Waals surface area contributed by atoms with E-state index in [9.17, 15) is 4.39 Å². The van der Waals surface area contributed by atoms with Crippen LogP contribution in [0.2, 0.25) is 0 Å².